The van der Waals surface area contributed by atoms with Crippen LogP contribution in [-0.2, 0) is 11.0 Å². The van der Waals surface area contributed by atoms with Crippen molar-refractivity contribution in [3.63, 3.8) is 0 Å². The zero-order valence-electron chi connectivity index (χ0n) is 10.8. The number of hydrogen-bond acceptors (Lipinski definition) is 4. The molecule has 0 radical (unpaired) electrons. The summed E-state index contributed by atoms with van der Waals surface area (Å²) in [5, 5.41) is 3.06. The smallest absolute Gasteiger partial charge is 0.369 e. The minimum Gasteiger partial charge on any atom is -0.369 e. The number of rotatable bonds is 2. The lowest BCUT2D eigenvalue weighted by Gasteiger charge is -2.30. The van der Waals surface area contributed by atoms with E-state index in [1.165, 1.54) is 4.90 Å². The lowest BCUT2D eigenvalue weighted by atomic mass is 9.96. The molecule has 0 aromatic carbocycles. The maximum absolute atomic E-state index is 12.4. The van der Waals surface area contributed by atoms with E-state index in [9.17, 15) is 22.8 Å². The molecule has 1 aromatic heterocycles. The third-order valence-electron chi connectivity index (χ3n) is 3.19. The molecule has 0 atom stereocenters. The lowest BCUT2D eigenvalue weighted by molar-refractivity contribution is -0.140. The number of urea groups is 1. The fourth-order valence-electron chi connectivity index (χ4n) is 2.00. The molecule has 0 unspecified atom stereocenters. The lowest BCUT2D eigenvalue weighted by Crippen LogP contribution is -2.43. The van der Waals surface area contributed by atoms with Crippen LogP contribution in [0.2, 0.25) is 0 Å². The number of carbonyl (C=O) groups is 2. The van der Waals surface area contributed by atoms with Crippen molar-refractivity contribution in [1.82, 2.24) is 9.88 Å². The molecule has 0 spiro atoms. The van der Waals surface area contributed by atoms with Gasteiger partial charge in [-0.3, -0.25) is 10.1 Å². The van der Waals surface area contributed by atoms with E-state index in [1.54, 1.807) is 0 Å². The minimum atomic E-state index is -4.53. The Morgan fingerprint density at radius 3 is 2.48 bits per heavy atom. The van der Waals surface area contributed by atoms with Crippen molar-refractivity contribution in [2.24, 2.45) is 11.7 Å². The first-order valence-corrected chi connectivity index (χ1v) is 7.03. The number of nitrogens with two attached hydrogens (primary N) is 1. The van der Waals surface area contributed by atoms with E-state index in [2.05, 4.69) is 10.3 Å². The van der Waals surface area contributed by atoms with Gasteiger partial charge in [-0.15, -0.1) is 11.3 Å². The van der Waals surface area contributed by atoms with E-state index in [0.29, 0.717) is 37.3 Å². The second-order valence-corrected chi connectivity index (χ2v) is 5.49. The molecule has 0 bridgehead atoms. The molecule has 3 N–H and O–H groups in total. The molecule has 2 rings (SSSR count). The van der Waals surface area contributed by atoms with Crippen molar-refractivity contribution in [2.45, 2.75) is 19.0 Å². The summed E-state index contributed by atoms with van der Waals surface area (Å²) in [6.45, 7) is 0.661. The molecule has 1 saturated heterocycles. The Labute approximate surface area is 122 Å². The molecule has 0 saturated carbocycles. The van der Waals surface area contributed by atoms with Gasteiger partial charge in [-0.05, 0) is 12.8 Å². The van der Waals surface area contributed by atoms with E-state index in [1.807, 2.05) is 0 Å². The summed E-state index contributed by atoms with van der Waals surface area (Å²) in [4.78, 5) is 27.6. The zero-order valence-corrected chi connectivity index (χ0v) is 11.6. The second-order valence-electron chi connectivity index (χ2n) is 4.63. The summed E-state index contributed by atoms with van der Waals surface area (Å²) in [6, 6.07) is -0.527. The van der Waals surface area contributed by atoms with Crippen molar-refractivity contribution in [1.29, 1.82) is 0 Å². The van der Waals surface area contributed by atoms with Crippen molar-refractivity contribution in [3.8, 4) is 0 Å². The Morgan fingerprint density at radius 1 is 1.38 bits per heavy atom. The third kappa shape index (κ3) is 3.84. The summed E-state index contributed by atoms with van der Waals surface area (Å²) >= 11 is 0.710. The molecule has 21 heavy (non-hydrogen) atoms. The predicted molar refractivity (Wildman–Crippen MR) is 69.6 cm³/mol. The highest BCUT2D eigenvalue weighted by Crippen LogP contribution is 2.31. The van der Waals surface area contributed by atoms with Gasteiger partial charge in [-0.2, -0.15) is 13.2 Å². The predicted octanol–water partition coefficient (Wildman–Crippen LogP) is 1.89. The van der Waals surface area contributed by atoms with E-state index in [0.717, 1.165) is 5.38 Å². The van der Waals surface area contributed by atoms with Gasteiger partial charge in [0.2, 0.25) is 5.91 Å². The van der Waals surface area contributed by atoms with Crippen LogP contribution in [0.15, 0.2) is 5.38 Å². The summed E-state index contributed by atoms with van der Waals surface area (Å²) in [7, 11) is 0. The molecule has 1 aliphatic heterocycles. The molecular weight excluding hydrogens is 309 g/mol. The number of thiazole rings is 1. The number of nitrogens with one attached hydrogen (secondary N) is 1. The molecular formula is C11H13F3N4O2S. The molecule has 116 valence electrons. The van der Waals surface area contributed by atoms with Crippen LogP contribution >= 0.6 is 11.3 Å². The maximum atomic E-state index is 12.4. The minimum absolute atomic E-state index is 0.107. The normalized spacial score (nSPS) is 16.8. The highest BCUT2D eigenvalue weighted by molar-refractivity contribution is 7.13. The van der Waals surface area contributed by atoms with Crippen LogP contribution in [0.1, 0.15) is 18.5 Å². The average molecular weight is 322 g/mol. The molecule has 1 aromatic rings. The molecule has 1 fully saturated rings. The van der Waals surface area contributed by atoms with Crippen molar-refractivity contribution < 1.29 is 22.8 Å². The first kappa shape index (κ1) is 15.5. The number of amides is 3. The Kier molecular flexibility index (Phi) is 4.35. The standard InChI is InChI=1S/C11H13F3N4O2S/c12-11(13,14)7-5-21-9(16-7)17-10(20)18-3-1-6(2-4-18)8(15)19/h5-6H,1-4H2,(H2,15,19)(H,16,17,20). The molecule has 0 aliphatic carbocycles. The van der Waals surface area contributed by atoms with Crippen LogP contribution in [0.3, 0.4) is 0 Å². The van der Waals surface area contributed by atoms with E-state index in [-0.39, 0.29) is 11.0 Å². The number of primary amides is 1. The van der Waals surface area contributed by atoms with E-state index >= 15 is 0 Å². The molecule has 3 amide bonds. The third-order valence-corrected chi connectivity index (χ3v) is 3.95. The Balaban J connectivity index is 1.91. The van der Waals surface area contributed by atoms with Crippen molar-refractivity contribution >= 4 is 28.4 Å². The number of likely N-dealkylation sites (tertiary alicyclic amines) is 1. The van der Waals surface area contributed by atoms with Gasteiger partial charge >= 0.3 is 12.2 Å². The number of carbonyl (C=O) groups excluding carboxylic acids is 2. The van der Waals surface area contributed by atoms with Crippen LogP contribution < -0.4 is 11.1 Å². The van der Waals surface area contributed by atoms with Crippen LogP contribution in [0, 0.1) is 5.92 Å². The van der Waals surface area contributed by atoms with Crippen molar-refractivity contribution in [2.75, 3.05) is 18.4 Å². The first-order valence-electron chi connectivity index (χ1n) is 6.15. The zero-order chi connectivity index (χ0) is 15.6. The molecule has 1 aliphatic rings. The summed E-state index contributed by atoms with van der Waals surface area (Å²) in [6.07, 6.45) is -3.62. The molecule has 10 heteroatoms. The summed E-state index contributed by atoms with van der Waals surface area (Å²) < 4.78 is 37.2. The highest BCUT2D eigenvalue weighted by atomic mass is 32.1. The van der Waals surface area contributed by atoms with Crippen LogP contribution in [0.5, 0.6) is 0 Å². The van der Waals surface area contributed by atoms with Crippen LogP contribution in [-0.4, -0.2) is 34.9 Å². The number of aromatic nitrogens is 1. The van der Waals surface area contributed by atoms with Crippen LogP contribution in [0.4, 0.5) is 23.1 Å². The molecule has 2 heterocycles. The quantitative estimate of drug-likeness (QED) is 0.871. The Hall–Kier alpha value is -1.84. The van der Waals surface area contributed by atoms with Gasteiger partial charge in [0.05, 0.1) is 0 Å². The number of piperidine rings is 1. The second kappa shape index (κ2) is 5.88. The van der Waals surface area contributed by atoms with Crippen molar-refractivity contribution in [3.05, 3.63) is 11.1 Å². The van der Waals surface area contributed by atoms with Gasteiger partial charge in [-0.1, -0.05) is 0 Å². The molecule has 6 nitrogen and oxygen atoms in total. The Bertz CT molecular complexity index is 538. The highest BCUT2D eigenvalue weighted by Gasteiger charge is 2.34. The Morgan fingerprint density at radius 2 is 2.00 bits per heavy atom. The number of hydrogen-bond donors (Lipinski definition) is 2. The summed E-state index contributed by atoms with van der Waals surface area (Å²) in [5.41, 5.74) is 4.15. The van der Waals surface area contributed by atoms with Gasteiger partial charge < -0.3 is 10.6 Å². The largest absolute Gasteiger partial charge is 0.434 e. The number of nitrogens with zero attached hydrogens (tertiary/aromatic N) is 2. The van der Waals surface area contributed by atoms with Crippen LogP contribution in [0.25, 0.3) is 0 Å². The monoisotopic (exact) mass is 322 g/mol. The number of alkyl halides is 3. The van der Waals surface area contributed by atoms with E-state index in [4.69, 9.17) is 5.73 Å². The fraction of sp³-hybridized carbons (Fsp3) is 0.545. The van der Waals surface area contributed by atoms with Gasteiger partial charge in [0.15, 0.2) is 10.8 Å². The average Bonchev–Trinajstić information content (AvgIpc) is 2.87. The van der Waals surface area contributed by atoms with E-state index < -0.39 is 23.8 Å². The van der Waals surface area contributed by atoms with Gasteiger partial charge in [0, 0.05) is 24.4 Å². The maximum Gasteiger partial charge on any atom is 0.434 e. The SMILES string of the molecule is NC(=O)C1CCN(C(=O)Nc2nc(C(F)(F)F)cs2)CC1. The number of halogens is 3. The van der Waals surface area contributed by atoms with Gasteiger partial charge in [-0.25, -0.2) is 9.78 Å². The topological polar surface area (TPSA) is 88.3 Å². The fourth-order valence-corrected chi connectivity index (χ4v) is 2.71. The number of anilines is 1. The van der Waals surface area contributed by atoms with Gasteiger partial charge in [0.1, 0.15) is 0 Å². The first-order chi connectivity index (χ1) is 9.77. The van der Waals surface area contributed by atoms with Gasteiger partial charge in [0.25, 0.3) is 0 Å². The summed E-state index contributed by atoms with van der Waals surface area (Å²) in [5.74, 6) is -0.657.